The van der Waals surface area contributed by atoms with Gasteiger partial charge in [-0.05, 0) is 68.8 Å². The van der Waals surface area contributed by atoms with E-state index in [-0.39, 0.29) is 10.8 Å². The Morgan fingerprint density at radius 2 is 1.54 bits per heavy atom. The fourth-order valence-electron chi connectivity index (χ4n) is 3.21. The molecule has 0 unspecified atom stereocenters. The van der Waals surface area contributed by atoms with Crippen molar-refractivity contribution in [1.29, 1.82) is 0 Å². The van der Waals surface area contributed by atoms with Gasteiger partial charge in [0.2, 0.25) is 10.0 Å². The predicted molar refractivity (Wildman–Crippen MR) is 111 cm³/mol. The predicted octanol–water partition coefficient (Wildman–Crippen LogP) is 2.80. The Labute approximate surface area is 167 Å². The Morgan fingerprint density at radius 1 is 0.893 bits per heavy atom. The third kappa shape index (κ3) is 4.27. The zero-order valence-corrected chi connectivity index (χ0v) is 17.6. The SMILES string of the molecule is Cc1ccc(NC(=O)c2ccc(C)c(S(=O)(=O)N3CCN(C)CC3)c2)cc1C. The summed E-state index contributed by atoms with van der Waals surface area (Å²) >= 11 is 0. The highest BCUT2D eigenvalue weighted by atomic mass is 32.2. The smallest absolute Gasteiger partial charge is 0.255 e. The molecular weight excluding hydrogens is 374 g/mol. The van der Waals surface area contributed by atoms with Crippen LogP contribution < -0.4 is 5.32 Å². The number of nitrogens with one attached hydrogen (secondary N) is 1. The van der Waals surface area contributed by atoms with Crippen LogP contribution >= 0.6 is 0 Å². The summed E-state index contributed by atoms with van der Waals surface area (Å²) < 4.78 is 27.7. The minimum atomic E-state index is -3.63. The van der Waals surface area contributed by atoms with E-state index in [4.69, 9.17) is 0 Å². The summed E-state index contributed by atoms with van der Waals surface area (Å²) in [5.41, 5.74) is 3.89. The fraction of sp³-hybridized carbons (Fsp3) is 0.381. The van der Waals surface area contributed by atoms with E-state index in [2.05, 4.69) is 10.2 Å². The average molecular weight is 402 g/mol. The highest BCUT2D eigenvalue weighted by Gasteiger charge is 2.29. The van der Waals surface area contributed by atoms with Crippen molar-refractivity contribution in [2.24, 2.45) is 0 Å². The number of aryl methyl sites for hydroxylation is 3. The van der Waals surface area contributed by atoms with Crippen molar-refractivity contribution < 1.29 is 13.2 Å². The average Bonchev–Trinajstić information content (AvgIpc) is 2.65. The van der Waals surface area contributed by atoms with Crippen LogP contribution in [0, 0.1) is 20.8 Å². The molecule has 0 saturated carbocycles. The molecule has 2 aromatic carbocycles. The molecule has 1 aliphatic heterocycles. The number of rotatable bonds is 4. The lowest BCUT2D eigenvalue weighted by molar-refractivity contribution is 0.102. The van der Waals surface area contributed by atoms with E-state index in [1.165, 1.54) is 10.4 Å². The van der Waals surface area contributed by atoms with Crippen LogP contribution in [0.15, 0.2) is 41.3 Å². The summed E-state index contributed by atoms with van der Waals surface area (Å²) in [6, 6.07) is 10.5. The van der Waals surface area contributed by atoms with Crippen LogP contribution in [0.4, 0.5) is 5.69 Å². The van der Waals surface area contributed by atoms with Crippen LogP contribution in [0.3, 0.4) is 0 Å². The maximum atomic E-state index is 13.1. The summed E-state index contributed by atoms with van der Waals surface area (Å²) in [4.78, 5) is 15.0. The molecule has 1 amide bonds. The largest absolute Gasteiger partial charge is 0.322 e. The molecule has 6 nitrogen and oxygen atoms in total. The number of likely N-dealkylation sites (N-methyl/N-ethyl adjacent to an activating group) is 1. The number of carbonyl (C=O) groups excluding carboxylic acids is 1. The van der Waals surface area contributed by atoms with E-state index in [9.17, 15) is 13.2 Å². The van der Waals surface area contributed by atoms with Crippen molar-refractivity contribution in [3.8, 4) is 0 Å². The number of anilines is 1. The lowest BCUT2D eigenvalue weighted by Crippen LogP contribution is -2.47. The van der Waals surface area contributed by atoms with E-state index in [1.54, 1.807) is 19.1 Å². The highest BCUT2D eigenvalue weighted by molar-refractivity contribution is 7.89. The van der Waals surface area contributed by atoms with E-state index in [0.717, 1.165) is 11.1 Å². The Bertz CT molecular complexity index is 994. The second-order valence-corrected chi connectivity index (χ2v) is 9.35. The van der Waals surface area contributed by atoms with Gasteiger partial charge in [0.1, 0.15) is 0 Å². The molecule has 0 aromatic heterocycles. The number of hydrogen-bond acceptors (Lipinski definition) is 4. The molecule has 1 N–H and O–H groups in total. The first-order valence-electron chi connectivity index (χ1n) is 9.36. The van der Waals surface area contributed by atoms with Crippen molar-refractivity contribution >= 4 is 21.6 Å². The lowest BCUT2D eigenvalue weighted by atomic mass is 10.1. The Morgan fingerprint density at radius 3 is 2.18 bits per heavy atom. The van der Waals surface area contributed by atoms with E-state index < -0.39 is 10.0 Å². The molecule has 0 spiro atoms. The molecule has 1 fully saturated rings. The van der Waals surface area contributed by atoms with Crippen LogP contribution in [0.1, 0.15) is 27.0 Å². The van der Waals surface area contributed by atoms with Crippen molar-refractivity contribution in [3.63, 3.8) is 0 Å². The first kappa shape index (κ1) is 20.5. The molecule has 150 valence electrons. The maximum absolute atomic E-state index is 13.1. The molecule has 0 radical (unpaired) electrons. The quantitative estimate of drug-likeness (QED) is 0.855. The summed E-state index contributed by atoms with van der Waals surface area (Å²) in [7, 11) is -1.65. The summed E-state index contributed by atoms with van der Waals surface area (Å²) in [5.74, 6) is -0.321. The topological polar surface area (TPSA) is 69.7 Å². The van der Waals surface area contributed by atoms with E-state index in [0.29, 0.717) is 43.0 Å². The minimum absolute atomic E-state index is 0.199. The van der Waals surface area contributed by atoms with Crippen LogP contribution in [0.2, 0.25) is 0 Å². The zero-order valence-electron chi connectivity index (χ0n) is 16.8. The maximum Gasteiger partial charge on any atom is 0.255 e. The first-order chi connectivity index (χ1) is 13.2. The third-order valence-electron chi connectivity index (χ3n) is 5.30. The number of piperazine rings is 1. The number of benzene rings is 2. The van der Waals surface area contributed by atoms with Gasteiger partial charge >= 0.3 is 0 Å². The Hall–Kier alpha value is -2.22. The van der Waals surface area contributed by atoms with Gasteiger partial charge < -0.3 is 10.2 Å². The fourth-order valence-corrected chi connectivity index (χ4v) is 4.88. The minimum Gasteiger partial charge on any atom is -0.322 e. The van der Waals surface area contributed by atoms with Gasteiger partial charge in [-0.2, -0.15) is 4.31 Å². The van der Waals surface area contributed by atoms with Crippen molar-refractivity contribution in [2.75, 3.05) is 38.5 Å². The molecule has 3 rings (SSSR count). The molecule has 0 aliphatic carbocycles. The van der Waals surface area contributed by atoms with Crippen LogP contribution in [0.25, 0.3) is 0 Å². The van der Waals surface area contributed by atoms with Gasteiger partial charge in [-0.3, -0.25) is 4.79 Å². The third-order valence-corrected chi connectivity index (χ3v) is 7.34. The molecule has 2 aromatic rings. The van der Waals surface area contributed by atoms with E-state index >= 15 is 0 Å². The van der Waals surface area contributed by atoms with Crippen molar-refractivity contribution in [1.82, 2.24) is 9.21 Å². The summed E-state index contributed by atoms with van der Waals surface area (Å²) in [6.45, 7) is 8.06. The van der Waals surface area contributed by atoms with Gasteiger partial charge in [-0.15, -0.1) is 0 Å². The second-order valence-electron chi connectivity index (χ2n) is 7.44. The molecule has 1 saturated heterocycles. The van der Waals surface area contributed by atoms with Gasteiger partial charge in [0.05, 0.1) is 4.90 Å². The van der Waals surface area contributed by atoms with Crippen molar-refractivity contribution in [2.45, 2.75) is 25.7 Å². The number of amides is 1. The van der Waals surface area contributed by atoms with Gasteiger partial charge in [-0.1, -0.05) is 12.1 Å². The first-order valence-corrected chi connectivity index (χ1v) is 10.8. The normalized spacial score (nSPS) is 16.1. The highest BCUT2D eigenvalue weighted by Crippen LogP contribution is 2.23. The monoisotopic (exact) mass is 401 g/mol. The van der Waals surface area contributed by atoms with Gasteiger partial charge in [0.15, 0.2) is 0 Å². The zero-order chi connectivity index (χ0) is 20.5. The van der Waals surface area contributed by atoms with Crippen molar-refractivity contribution in [3.05, 3.63) is 58.7 Å². The number of hydrogen-bond donors (Lipinski definition) is 1. The van der Waals surface area contributed by atoms with Gasteiger partial charge in [0.25, 0.3) is 5.91 Å². The standard InChI is InChI=1S/C21H27N3O3S/c1-15-6-8-19(13-17(15)3)22-21(25)18-7-5-16(2)20(14-18)28(26,27)24-11-9-23(4)10-12-24/h5-8,13-14H,9-12H2,1-4H3,(H,22,25). The number of nitrogens with zero attached hydrogens (tertiary/aromatic N) is 2. The van der Waals surface area contributed by atoms with E-state index in [1.807, 2.05) is 39.1 Å². The molecule has 1 heterocycles. The lowest BCUT2D eigenvalue weighted by Gasteiger charge is -2.32. The van der Waals surface area contributed by atoms with Crippen LogP contribution in [-0.4, -0.2) is 56.8 Å². The molecule has 1 aliphatic rings. The van der Waals surface area contributed by atoms with Gasteiger partial charge in [0, 0.05) is 37.4 Å². The Kier molecular flexibility index (Phi) is 5.88. The molecule has 7 heteroatoms. The summed E-state index contributed by atoms with van der Waals surface area (Å²) in [6.07, 6.45) is 0. The van der Waals surface area contributed by atoms with Crippen LogP contribution in [-0.2, 0) is 10.0 Å². The molecular formula is C21H27N3O3S. The van der Waals surface area contributed by atoms with Gasteiger partial charge in [-0.25, -0.2) is 8.42 Å². The summed E-state index contributed by atoms with van der Waals surface area (Å²) in [5, 5.41) is 2.86. The second kappa shape index (κ2) is 8.03. The number of carbonyl (C=O) groups is 1. The van der Waals surface area contributed by atoms with Crippen LogP contribution in [0.5, 0.6) is 0 Å². The molecule has 0 atom stereocenters. The number of sulfonamides is 1. The molecule has 0 bridgehead atoms. The Balaban J connectivity index is 1.86. The molecule has 28 heavy (non-hydrogen) atoms.